The lowest BCUT2D eigenvalue weighted by Gasteiger charge is -2.21. The van der Waals surface area contributed by atoms with Crippen molar-refractivity contribution in [2.45, 2.75) is 52.1 Å². The van der Waals surface area contributed by atoms with E-state index in [0.717, 1.165) is 36.6 Å². The highest BCUT2D eigenvalue weighted by Crippen LogP contribution is 2.38. The van der Waals surface area contributed by atoms with Gasteiger partial charge in [0.25, 0.3) is 11.5 Å². The first kappa shape index (κ1) is 28.1. The number of nitriles is 1. The smallest absolute Gasteiger partial charge is 0.270 e. The largest absolute Gasteiger partial charge is 0.371 e. The predicted molar refractivity (Wildman–Crippen MR) is 156 cm³/mol. The Morgan fingerprint density at radius 2 is 2.00 bits per heavy atom. The number of thioether (sulfide) groups is 1. The number of nitrogens with one attached hydrogen (secondary N) is 1. The Kier molecular flexibility index (Phi) is 8.75. The zero-order chi connectivity index (χ0) is 27.4. The Balaban J connectivity index is 1.75. The second kappa shape index (κ2) is 11.8. The Bertz CT molecular complexity index is 1490. The topological polar surface area (TPSA) is 112 Å². The van der Waals surface area contributed by atoms with Gasteiger partial charge in [-0.15, -0.1) is 0 Å². The monoisotopic (exact) mass is 570 g/mol. The molecule has 8 nitrogen and oxygen atoms in total. The molecule has 1 aromatic heterocycles. The van der Waals surface area contributed by atoms with Crippen molar-refractivity contribution >= 4 is 55.9 Å². The van der Waals surface area contributed by atoms with Crippen molar-refractivity contribution in [2.75, 3.05) is 23.4 Å². The lowest BCUT2D eigenvalue weighted by atomic mass is 10.0. The van der Waals surface area contributed by atoms with Crippen LogP contribution in [0.25, 0.3) is 6.08 Å². The predicted octanol–water partition coefficient (Wildman–Crippen LogP) is 3.87. The van der Waals surface area contributed by atoms with E-state index in [-0.39, 0.29) is 28.5 Å². The minimum Gasteiger partial charge on any atom is -0.371 e. The van der Waals surface area contributed by atoms with E-state index >= 15 is 0 Å². The molecule has 0 spiro atoms. The number of amides is 1. The molecule has 0 bridgehead atoms. The second-order valence-corrected chi connectivity index (χ2v) is 13.4. The molecule has 3 heterocycles. The van der Waals surface area contributed by atoms with Crippen molar-refractivity contribution in [2.24, 2.45) is 0 Å². The highest BCUT2D eigenvalue weighted by molar-refractivity contribution is 8.26. The number of carbonyl (C=O) groups is 1. The van der Waals surface area contributed by atoms with Gasteiger partial charge in [0, 0.05) is 18.7 Å². The van der Waals surface area contributed by atoms with Gasteiger partial charge in [0.15, 0.2) is 9.84 Å². The maximum Gasteiger partial charge on any atom is 0.270 e. The lowest BCUT2D eigenvalue weighted by molar-refractivity contribution is -0.123. The van der Waals surface area contributed by atoms with E-state index in [1.807, 2.05) is 37.3 Å². The van der Waals surface area contributed by atoms with Crippen LogP contribution in [0.5, 0.6) is 0 Å². The fraction of sp³-hybridized carbons (Fsp3) is 0.407. The van der Waals surface area contributed by atoms with Crippen LogP contribution in [0.15, 0.2) is 40.0 Å². The second-order valence-electron chi connectivity index (χ2n) is 9.46. The van der Waals surface area contributed by atoms with Crippen molar-refractivity contribution in [1.29, 1.82) is 5.26 Å². The number of unbranched alkanes of at least 4 members (excludes halogenated alkanes) is 1. The van der Waals surface area contributed by atoms with Crippen molar-refractivity contribution in [3.05, 3.63) is 67.8 Å². The zero-order valence-corrected chi connectivity index (χ0v) is 23.8. The number of thiocarbonyl (C=S) groups is 1. The SMILES string of the molecule is CCCCn1c(NCCc2ccccc2)c(/C=C2/SC(=S)N(C3CCS(=O)(=O)C3)C2=O)c(C)c(C#N)c1=O. The van der Waals surface area contributed by atoms with E-state index in [1.54, 1.807) is 17.6 Å². The molecule has 0 radical (unpaired) electrons. The van der Waals surface area contributed by atoms with Gasteiger partial charge in [0.2, 0.25) is 0 Å². The highest BCUT2D eigenvalue weighted by Gasteiger charge is 2.42. The summed E-state index contributed by atoms with van der Waals surface area (Å²) in [6.07, 6.45) is 4.38. The Morgan fingerprint density at radius 3 is 2.63 bits per heavy atom. The molecule has 1 N–H and O–H groups in total. The maximum atomic E-state index is 13.4. The average molecular weight is 571 g/mol. The van der Waals surface area contributed by atoms with E-state index in [1.165, 1.54) is 4.90 Å². The number of aromatic nitrogens is 1. The molecule has 2 saturated heterocycles. The van der Waals surface area contributed by atoms with Gasteiger partial charge >= 0.3 is 0 Å². The first-order valence-electron chi connectivity index (χ1n) is 12.6. The number of sulfone groups is 1. The van der Waals surface area contributed by atoms with Gasteiger partial charge in [-0.2, -0.15) is 5.26 Å². The molecule has 11 heteroatoms. The summed E-state index contributed by atoms with van der Waals surface area (Å²) in [5.41, 5.74) is 1.90. The van der Waals surface area contributed by atoms with Crippen LogP contribution in [-0.2, 0) is 27.6 Å². The summed E-state index contributed by atoms with van der Waals surface area (Å²) in [7, 11) is -3.20. The van der Waals surface area contributed by atoms with Gasteiger partial charge in [0.1, 0.15) is 21.8 Å². The van der Waals surface area contributed by atoms with Gasteiger partial charge in [-0.1, -0.05) is 67.7 Å². The maximum absolute atomic E-state index is 13.4. The fourth-order valence-corrected chi connectivity index (χ4v) is 7.84. The van der Waals surface area contributed by atoms with Crippen molar-refractivity contribution < 1.29 is 13.2 Å². The van der Waals surface area contributed by atoms with Crippen LogP contribution in [-0.4, -0.2) is 52.2 Å². The molecule has 38 heavy (non-hydrogen) atoms. The number of nitrogens with zero attached hydrogens (tertiary/aromatic N) is 3. The Morgan fingerprint density at radius 1 is 1.26 bits per heavy atom. The number of rotatable bonds is 9. The molecular formula is C27H30N4O4S3. The number of hydrogen-bond donors (Lipinski definition) is 1. The molecule has 0 saturated carbocycles. The van der Waals surface area contributed by atoms with Crippen molar-refractivity contribution in [3.8, 4) is 6.07 Å². The summed E-state index contributed by atoms with van der Waals surface area (Å²) in [5, 5.41) is 13.2. The summed E-state index contributed by atoms with van der Waals surface area (Å²) < 4.78 is 26.0. The molecule has 0 aliphatic carbocycles. The average Bonchev–Trinajstić information content (AvgIpc) is 3.38. The Hall–Kier alpha value is -2.94. The molecule has 2 aliphatic rings. The summed E-state index contributed by atoms with van der Waals surface area (Å²) in [6, 6.07) is 11.5. The van der Waals surface area contributed by atoms with Crippen molar-refractivity contribution in [3.63, 3.8) is 0 Å². The molecule has 4 rings (SSSR count). The standard InChI is InChI=1S/C27H30N4O4S3/c1-3-4-13-30-24(29-12-10-19-8-6-5-7-9-19)21(18(2)22(16-28)25(30)32)15-23-26(33)31(27(36)37-23)20-11-14-38(34,35)17-20/h5-9,15,20,29H,3-4,10-14,17H2,1-2H3/b23-15+. The number of carbonyl (C=O) groups excluding carboxylic acids is 1. The highest BCUT2D eigenvalue weighted by atomic mass is 32.2. The third kappa shape index (κ3) is 5.87. The van der Waals surface area contributed by atoms with E-state index in [2.05, 4.69) is 11.4 Å². The molecule has 200 valence electrons. The molecule has 1 amide bonds. The molecular weight excluding hydrogens is 541 g/mol. The van der Waals surface area contributed by atoms with E-state index in [0.29, 0.717) is 45.7 Å². The van der Waals surface area contributed by atoms with Crippen LogP contribution < -0.4 is 10.9 Å². The molecule has 2 fully saturated rings. The van der Waals surface area contributed by atoms with Gasteiger partial charge in [0.05, 0.1) is 22.5 Å². The minimum absolute atomic E-state index is 0.0380. The van der Waals surface area contributed by atoms with Crippen LogP contribution in [0, 0.1) is 18.3 Å². The first-order chi connectivity index (χ1) is 18.2. The normalized spacial score (nSPS) is 19.8. The molecule has 1 unspecified atom stereocenters. The lowest BCUT2D eigenvalue weighted by Crippen LogP contribution is -2.39. The van der Waals surface area contributed by atoms with Gasteiger partial charge in [-0.05, 0) is 43.4 Å². The summed E-state index contributed by atoms with van der Waals surface area (Å²) in [6.45, 7) is 4.72. The van der Waals surface area contributed by atoms with Gasteiger partial charge in [-0.25, -0.2) is 8.42 Å². The molecule has 1 aromatic carbocycles. The van der Waals surface area contributed by atoms with E-state index < -0.39 is 15.9 Å². The quantitative estimate of drug-likeness (QED) is 0.357. The summed E-state index contributed by atoms with van der Waals surface area (Å²) in [5.74, 6) is 0.153. The van der Waals surface area contributed by atoms with Crippen LogP contribution in [0.4, 0.5) is 5.82 Å². The number of benzene rings is 1. The number of hydrogen-bond acceptors (Lipinski definition) is 8. The zero-order valence-electron chi connectivity index (χ0n) is 21.4. The van der Waals surface area contributed by atoms with Gasteiger partial charge < -0.3 is 5.32 Å². The van der Waals surface area contributed by atoms with Crippen LogP contribution >= 0.6 is 24.0 Å². The minimum atomic E-state index is -3.20. The van der Waals surface area contributed by atoms with Crippen LogP contribution in [0.3, 0.4) is 0 Å². The summed E-state index contributed by atoms with van der Waals surface area (Å²) >= 11 is 6.59. The van der Waals surface area contributed by atoms with Crippen LogP contribution in [0.2, 0.25) is 0 Å². The van der Waals surface area contributed by atoms with E-state index in [4.69, 9.17) is 12.2 Å². The first-order valence-corrected chi connectivity index (χ1v) is 15.6. The van der Waals surface area contributed by atoms with E-state index in [9.17, 15) is 23.3 Å². The van der Waals surface area contributed by atoms with Crippen molar-refractivity contribution in [1.82, 2.24) is 9.47 Å². The summed E-state index contributed by atoms with van der Waals surface area (Å²) in [4.78, 5) is 28.5. The molecule has 2 aliphatic heterocycles. The van der Waals surface area contributed by atoms with Crippen LogP contribution in [0.1, 0.15) is 48.4 Å². The number of pyridine rings is 1. The fourth-order valence-electron chi connectivity index (χ4n) is 4.76. The molecule has 2 aromatic rings. The Labute approximate surface area is 232 Å². The number of anilines is 1. The third-order valence-electron chi connectivity index (χ3n) is 6.83. The third-order valence-corrected chi connectivity index (χ3v) is 9.91. The molecule has 1 atom stereocenters. The van der Waals surface area contributed by atoms with Gasteiger partial charge in [-0.3, -0.25) is 19.1 Å².